The summed E-state index contributed by atoms with van der Waals surface area (Å²) in [5.41, 5.74) is 1.42. The van der Waals surface area contributed by atoms with Crippen LogP contribution in [0, 0.1) is 13.8 Å². The number of hydrogen-bond donors (Lipinski definition) is 1. The van der Waals surface area contributed by atoms with E-state index in [1.165, 1.54) is 15.3 Å². The number of hydrogen-bond acceptors (Lipinski definition) is 3. The van der Waals surface area contributed by atoms with Crippen LogP contribution in [0.15, 0.2) is 6.07 Å². The Labute approximate surface area is 90.3 Å². The molecule has 1 unspecified atom stereocenters. The third kappa shape index (κ3) is 3.08. The van der Waals surface area contributed by atoms with Gasteiger partial charge in [0.15, 0.2) is 0 Å². The van der Waals surface area contributed by atoms with Gasteiger partial charge in [-0.1, -0.05) is 0 Å². The molecule has 1 rings (SSSR count). The first kappa shape index (κ1) is 11.7. The fourth-order valence-electron chi connectivity index (χ4n) is 1.57. The molecule has 0 radical (unpaired) electrons. The molecule has 0 bridgehead atoms. The molecule has 0 saturated heterocycles. The standard InChI is InChI=1S/C11H19NOS/c1-8-7-11(10(3)14-8)9(2)12-5-6-13-4/h7,9,12H,5-6H2,1-4H3. The minimum Gasteiger partial charge on any atom is -0.383 e. The monoisotopic (exact) mass is 213 g/mol. The molecule has 0 spiro atoms. The van der Waals surface area contributed by atoms with Crippen LogP contribution in [-0.4, -0.2) is 20.3 Å². The molecule has 0 aliphatic rings. The van der Waals surface area contributed by atoms with Crippen molar-refractivity contribution in [1.82, 2.24) is 5.32 Å². The third-order valence-corrected chi connectivity index (χ3v) is 3.28. The SMILES string of the molecule is COCCNC(C)c1cc(C)sc1C. The fourth-order valence-corrected chi connectivity index (χ4v) is 2.59. The molecule has 14 heavy (non-hydrogen) atoms. The van der Waals surface area contributed by atoms with Gasteiger partial charge in [0.1, 0.15) is 0 Å². The van der Waals surface area contributed by atoms with Crippen LogP contribution in [0.3, 0.4) is 0 Å². The Morgan fingerprint density at radius 1 is 1.50 bits per heavy atom. The van der Waals surface area contributed by atoms with Gasteiger partial charge in [-0.15, -0.1) is 11.3 Å². The maximum atomic E-state index is 5.00. The average Bonchev–Trinajstić information content (AvgIpc) is 2.45. The molecule has 0 aliphatic carbocycles. The van der Waals surface area contributed by atoms with Gasteiger partial charge in [-0.05, 0) is 32.4 Å². The van der Waals surface area contributed by atoms with Crippen molar-refractivity contribution in [3.8, 4) is 0 Å². The van der Waals surface area contributed by atoms with E-state index in [9.17, 15) is 0 Å². The van der Waals surface area contributed by atoms with Crippen LogP contribution in [0.25, 0.3) is 0 Å². The molecule has 1 heterocycles. The summed E-state index contributed by atoms with van der Waals surface area (Å²) in [6, 6.07) is 2.69. The second kappa shape index (κ2) is 5.49. The highest BCUT2D eigenvalue weighted by atomic mass is 32.1. The lowest BCUT2D eigenvalue weighted by Gasteiger charge is -2.13. The van der Waals surface area contributed by atoms with Crippen LogP contribution in [-0.2, 0) is 4.74 Å². The van der Waals surface area contributed by atoms with Gasteiger partial charge in [-0.25, -0.2) is 0 Å². The molecule has 0 aliphatic heterocycles. The Balaban J connectivity index is 2.51. The first-order chi connectivity index (χ1) is 6.65. The highest BCUT2D eigenvalue weighted by Gasteiger charge is 2.09. The Morgan fingerprint density at radius 3 is 2.71 bits per heavy atom. The van der Waals surface area contributed by atoms with Gasteiger partial charge in [0.2, 0.25) is 0 Å². The number of ether oxygens (including phenoxy) is 1. The molecule has 0 saturated carbocycles. The van der Waals surface area contributed by atoms with Crippen molar-refractivity contribution in [3.05, 3.63) is 21.4 Å². The van der Waals surface area contributed by atoms with Gasteiger partial charge in [-0.2, -0.15) is 0 Å². The third-order valence-electron chi connectivity index (χ3n) is 2.30. The predicted molar refractivity (Wildman–Crippen MR) is 62.1 cm³/mol. The van der Waals surface area contributed by atoms with Crippen molar-refractivity contribution in [1.29, 1.82) is 0 Å². The van der Waals surface area contributed by atoms with Crippen molar-refractivity contribution in [3.63, 3.8) is 0 Å². The Bertz CT molecular complexity index is 283. The quantitative estimate of drug-likeness (QED) is 0.759. The summed E-state index contributed by atoms with van der Waals surface area (Å²) in [6.07, 6.45) is 0. The maximum absolute atomic E-state index is 5.00. The van der Waals surface area contributed by atoms with Gasteiger partial charge in [-0.3, -0.25) is 0 Å². The molecular weight excluding hydrogens is 194 g/mol. The van der Waals surface area contributed by atoms with Crippen LogP contribution in [0.5, 0.6) is 0 Å². The van der Waals surface area contributed by atoms with E-state index in [0.717, 1.165) is 13.2 Å². The molecule has 0 fully saturated rings. The number of aryl methyl sites for hydroxylation is 2. The second-order valence-corrected chi connectivity index (χ2v) is 5.00. The molecule has 1 atom stereocenters. The van der Waals surface area contributed by atoms with E-state index in [0.29, 0.717) is 6.04 Å². The molecule has 80 valence electrons. The van der Waals surface area contributed by atoms with Gasteiger partial charge >= 0.3 is 0 Å². The molecule has 0 amide bonds. The fraction of sp³-hybridized carbons (Fsp3) is 0.636. The van der Waals surface area contributed by atoms with Gasteiger partial charge in [0.05, 0.1) is 6.61 Å². The Hall–Kier alpha value is -0.380. The summed E-state index contributed by atoms with van der Waals surface area (Å²) >= 11 is 1.87. The van der Waals surface area contributed by atoms with Gasteiger partial charge in [0, 0.05) is 29.5 Å². The molecule has 1 aromatic heterocycles. The summed E-state index contributed by atoms with van der Waals surface area (Å²) in [6.45, 7) is 8.22. The summed E-state index contributed by atoms with van der Waals surface area (Å²) in [5, 5.41) is 3.44. The van der Waals surface area contributed by atoms with Crippen LogP contribution in [0.2, 0.25) is 0 Å². The van der Waals surface area contributed by atoms with E-state index in [1.807, 2.05) is 11.3 Å². The topological polar surface area (TPSA) is 21.3 Å². The highest BCUT2D eigenvalue weighted by molar-refractivity contribution is 7.12. The van der Waals surface area contributed by atoms with E-state index in [2.05, 4.69) is 32.2 Å². The van der Waals surface area contributed by atoms with Gasteiger partial charge < -0.3 is 10.1 Å². The van der Waals surface area contributed by atoms with Crippen LogP contribution >= 0.6 is 11.3 Å². The molecule has 1 aromatic rings. The minimum absolute atomic E-state index is 0.426. The summed E-state index contributed by atoms with van der Waals surface area (Å²) < 4.78 is 5.00. The Morgan fingerprint density at radius 2 is 2.21 bits per heavy atom. The average molecular weight is 213 g/mol. The smallest absolute Gasteiger partial charge is 0.0587 e. The zero-order valence-electron chi connectivity index (χ0n) is 9.39. The van der Waals surface area contributed by atoms with Crippen molar-refractivity contribution in [2.75, 3.05) is 20.3 Å². The number of rotatable bonds is 5. The molecule has 2 nitrogen and oxygen atoms in total. The molecule has 1 N–H and O–H groups in total. The van der Waals surface area contributed by atoms with Gasteiger partial charge in [0.25, 0.3) is 0 Å². The van der Waals surface area contributed by atoms with Crippen LogP contribution in [0.4, 0.5) is 0 Å². The molecule has 3 heteroatoms. The lowest BCUT2D eigenvalue weighted by molar-refractivity contribution is 0.196. The van der Waals surface area contributed by atoms with E-state index < -0.39 is 0 Å². The lowest BCUT2D eigenvalue weighted by Crippen LogP contribution is -2.22. The minimum atomic E-state index is 0.426. The zero-order chi connectivity index (χ0) is 10.6. The summed E-state index contributed by atoms with van der Waals surface area (Å²) in [4.78, 5) is 2.80. The van der Waals surface area contributed by atoms with Crippen molar-refractivity contribution >= 4 is 11.3 Å². The second-order valence-electron chi connectivity index (χ2n) is 3.54. The molecule has 0 aromatic carbocycles. The lowest BCUT2D eigenvalue weighted by atomic mass is 10.1. The number of thiophene rings is 1. The molecular formula is C11H19NOS. The zero-order valence-corrected chi connectivity index (χ0v) is 10.2. The van der Waals surface area contributed by atoms with E-state index in [4.69, 9.17) is 4.74 Å². The van der Waals surface area contributed by atoms with Crippen molar-refractivity contribution in [2.45, 2.75) is 26.8 Å². The van der Waals surface area contributed by atoms with E-state index >= 15 is 0 Å². The number of methoxy groups -OCH3 is 1. The maximum Gasteiger partial charge on any atom is 0.0587 e. The normalized spacial score (nSPS) is 13.1. The van der Waals surface area contributed by atoms with E-state index in [1.54, 1.807) is 7.11 Å². The first-order valence-corrected chi connectivity index (χ1v) is 5.76. The van der Waals surface area contributed by atoms with Crippen LogP contribution < -0.4 is 5.32 Å². The first-order valence-electron chi connectivity index (χ1n) is 4.94. The number of nitrogens with one attached hydrogen (secondary N) is 1. The summed E-state index contributed by atoms with van der Waals surface area (Å²) in [5.74, 6) is 0. The largest absolute Gasteiger partial charge is 0.383 e. The predicted octanol–water partition coefficient (Wildman–Crippen LogP) is 2.66. The van der Waals surface area contributed by atoms with Crippen molar-refractivity contribution in [2.24, 2.45) is 0 Å². The summed E-state index contributed by atoms with van der Waals surface area (Å²) in [7, 11) is 1.73. The van der Waals surface area contributed by atoms with Crippen LogP contribution in [0.1, 0.15) is 28.3 Å². The van der Waals surface area contributed by atoms with Crippen molar-refractivity contribution < 1.29 is 4.74 Å². The highest BCUT2D eigenvalue weighted by Crippen LogP contribution is 2.25. The Kier molecular flexibility index (Phi) is 4.58. The van der Waals surface area contributed by atoms with E-state index in [-0.39, 0.29) is 0 Å².